The first-order valence-corrected chi connectivity index (χ1v) is 9.20. The van der Waals surface area contributed by atoms with Gasteiger partial charge in [0.25, 0.3) is 0 Å². The van der Waals surface area contributed by atoms with Crippen molar-refractivity contribution in [2.24, 2.45) is 0 Å². The number of benzene rings is 1. The van der Waals surface area contributed by atoms with Gasteiger partial charge in [-0.1, -0.05) is 30.3 Å². The molecular formula is C22H20N4O. The highest BCUT2D eigenvalue weighted by atomic mass is 16.5. The Hall–Kier alpha value is -3.21. The van der Waals surface area contributed by atoms with Crippen molar-refractivity contribution in [3.05, 3.63) is 66.1 Å². The van der Waals surface area contributed by atoms with Gasteiger partial charge in [0, 0.05) is 17.7 Å². The molecule has 0 saturated heterocycles. The van der Waals surface area contributed by atoms with E-state index in [4.69, 9.17) is 14.8 Å². The van der Waals surface area contributed by atoms with E-state index < -0.39 is 0 Å². The van der Waals surface area contributed by atoms with Gasteiger partial charge >= 0.3 is 0 Å². The SMILES string of the molecule is COc1cc2ncc(-c3cc(-c4ccccc4)cc(C)n3)n2nc1C1CC1. The van der Waals surface area contributed by atoms with Crippen LogP contribution in [0.15, 0.2) is 54.7 Å². The number of aryl methyl sites for hydroxylation is 1. The molecule has 0 aliphatic heterocycles. The molecule has 5 rings (SSSR count). The molecule has 4 aromatic rings. The third-order valence-electron chi connectivity index (χ3n) is 4.99. The van der Waals surface area contributed by atoms with Crippen molar-refractivity contribution < 1.29 is 4.74 Å². The Balaban J connectivity index is 1.67. The van der Waals surface area contributed by atoms with Gasteiger partial charge in [-0.25, -0.2) is 9.50 Å². The van der Waals surface area contributed by atoms with Crippen LogP contribution in [0.2, 0.25) is 0 Å². The van der Waals surface area contributed by atoms with Crippen molar-refractivity contribution in [1.29, 1.82) is 0 Å². The molecule has 1 aliphatic rings. The Kier molecular flexibility index (Phi) is 3.67. The number of ether oxygens (including phenoxy) is 1. The van der Waals surface area contributed by atoms with Crippen LogP contribution in [-0.2, 0) is 0 Å². The smallest absolute Gasteiger partial charge is 0.157 e. The summed E-state index contributed by atoms with van der Waals surface area (Å²) in [6.45, 7) is 2.02. The highest BCUT2D eigenvalue weighted by Gasteiger charge is 2.29. The van der Waals surface area contributed by atoms with E-state index in [1.54, 1.807) is 7.11 Å². The van der Waals surface area contributed by atoms with Gasteiger partial charge in [0.05, 0.1) is 19.0 Å². The molecule has 1 aromatic carbocycles. The van der Waals surface area contributed by atoms with Gasteiger partial charge in [0.2, 0.25) is 0 Å². The fourth-order valence-corrected chi connectivity index (χ4v) is 3.49. The highest BCUT2D eigenvalue weighted by molar-refractivity contribution is 5.70. The third kappa shape index (κ3) is 2.85. The van der Waals surface area contributed by atoms with Crippen LogP contribution in [0.3, 0.4) is 0 Å². The lowest BCUT2D eigenvalue weighted by Crippen LogP contribution is -2.03. The summed E-state index contributed by atoms with van der Waals surface area (Å²) in [4.78, 5) is 9.29. The zero-order valence-electron chi connectivity index (χ0n) is 15.4. The van der Waals surface area contributed by atoms with E-state index in [9.17, 15) is 0 Å². The van der Waals surface area contributed by atoms with Gasteiger partial charge in [0.1, 0.15) is 17.1 Å². The number of nitrogens with zero attached hydrogens (tertiary/aromatic N) is 4. The van der Waals surface area contributed by atoms with Crippen LogP contribution in [-0.4, -0.2) is 26.7 Å². The molecule has 5 nitrogen and oxygen atoms in total. The van der Waals surface area contributed by atoms with Crippen molar-refractivity contribution in [3.8, 4) is 28.3 Å². The zero-order valence-corrected chi connectivity index (χ0v) is 15.4. The standard InChI is InChI=1S/C22H20N4O/c1-14-10-17(15-6-4-3-5-7-15)11-18(24-14)19-13-23-21-12-20(27-2)22(16-8-9-16)25-26(19)21/h3-7,10-13,16H,8-9H2,1-2H3. The predicted molar refractivity (Wildman–Crippen MR) is 105 cm³/mol. The minimum absolute atomic E-state index is 0.491. The number of fused-ring (bicyclic) bond motifs is 1. The number of aromatic nitrogens is 4. The summed E-state index contributed by atoms with van der Waals surface area (Å²) >= 11 is 0. The van der Waals surface area contributed by atoms with E-state index in [0.29, 0.717) is 5.92 Å². The summed E-state index contributed by atoms with van der Waals surface area (Å²) in [5.41, 5.74) is 6.85. The summed E-state index contributed by atoms with van der Waals surface area (Å²) in [6, 6.07) is 16.5. The number of methoxy groups -OCH3 is 1. The molecule has 0 atom stereocenters. The fraction of sp³-hybridized carbons (Fsp3) is 0.227. The van der Waals surface area contributed by atoms with E-state index in [2.05, 4.69) is 41.4 Å². The second-order valence-electron chi connectivity index (χ2n) is 7.03. The molecule has 1 saturated carbocycles. The summed E-state index contributed by atoms with van der Waals surface area (Å²) < 4.78 is 7.43. The number of hydrogen-bond donors (Lipinski definition) is 0. The lowest BCUT2D eigenvalue weighted by atomic mass is 10.0. The number of imidazole rings is 1. The zero-order chi connectivity index (χ0) is 18.4. The number of hydrogen-bond acceptors (Lipinski definition) is 4. The van der Waals surface area contributed by atoms with Crippen molar-refractivity contribution in [1.82, 2.24) is 19.6 Å². The largest absolute Gasteiger partial charge is 0.495 e. The fourth-order valence-electron chi connectivity index (χ4n) is 3.49. The molecule has 0 N–H and O–H groups in total. The quantitative estimate of drug-likeness (QED) is 0.534. The molecule has 0 amide bonds. The van der Waals surface area contributed by atoms with Crippen LogP contribution < -0.4 is 4.74 Å². The van der Waals surface area contributed by atoms with E-state index in [-0.39, 0.29) is 0 Å². The number of pyridine rings is 1. The van der Waals surface area contributed by atoms with Crippen LogP contribution in [0.25, 0.3) is 28.2 Å². The number of rotatable bonds is 4. The third-order valence-corrected chi connectivity index (χ3v) is 4.99. The minimum Gasteiger partial charge on any atom is -0.495 e. The molecule has 1 aliphatic carbocycles. The van der Waals surface area contributed by atoms with Crippen LogP contribution >= 0.6 is 0 Å². The van der Waals surface area contributed by atoms with Gasteiger partial charge in [-0.05, 0) is 43.0 Å². The lowest BCUT2D eigenvalue weighted by molar-refractivity contribution is 0.405. The molecule has 0 unspecified atom stereocenters. The molecule has 134 valence electrons. The summed E-state index contributed by atoms with van der Waals surface area (Å²) in [6.07, 6.45) is 4.18. The molecule has 27 heavy (non-hydrogen) atoms. The molecular weight excluding hydrogens is 336 g/mol. The van der Waals surface area contributed by atoms with Crippen molar-refractivity contribution in [2.75, 3.05) is 7.11 Å². The summed E-state index contributed by atoms with van der Waals surface area (Å²) in [7, 11) is 1.69. The Morgan fingerprint density at radius 1 is 1.04 bits per heavy atom. The first-order valence-electron chi connectivity index (χ1n) is 9.20. The van der Waals surface area contributed by atoms with Gasteiger partial charge in [-0.3, -0.25) is 4.98 Å². The molecule has 5 heteroatoms. The van der Waals surface area contributed by atoms with Crippen LogP contribution in [0.5, 0.6) is 5.75 Å². The van der Waals surface area contributed by atoms with E-state index in [1.165, 1.54) is 18.4 Å². The van der Waals surface area contributed by atoms with Gasteiger partial charge < -0.3 is 4.74 Å². The maximum Gasteiger partial charge on any atom is 0.157 e. The normalized spacial score (nSPS) is 13.9. The van der Waals surface area contributed by atoms with E-state index in [1.807, 2.05) is 29.8 Å². The highest BCUT2D eigenvalue weighted by Crippen LogP contribution is 2.43. The molecule has 0 bridgehead atoms. The Bertz CT molecular complexity index is 1130. The molecule has 3 heterocycles. The van der Waals surface area contributed by atoms with Crippen molar-refractivity contribution >= 4 is 5.65 Å². The monoisotopic (exact) mass is 356 g/mol. The Morgan fingerprint density at radius 2 is 1.85 bits per heavy atom. The van der Waals surface area contributed by atoms with Crippen LogP contribution in [0.4, 0.5) is 0 Å². The second-order valence-corrected chi connectivity index (χ2v) is 7.03. The van der Waals surface area contributed by atoms with Gasteiger partial charge in [-0.15, -0.1) is 0 Å². The predicted octanol–water partition coefficient (Wildman–Crippen LogP) is 4.65. The van der Waals surface area contributed by atoms with Crippen LogP contribution in [0.1, 0.15) is 30.1 Å². The van der Waals surface area contributed by atoms with Crippen molar-refractivity contribution in [3.63, 3.8) is 0 Å². The topological polar surface area (TPSA) is 52.3 Å². The molecule has 1 fully saturated rings. The lowest BCUT2D eigenvalue weighted by Gasteiger charge is -2.10. The maximum atomic E-state index is 5.53. The first kappa shape index (κ1) is 16.0. The van der Waals surface area contributed by atoms with E-state index in [0.717, 1.165) is 39.7 Å². The Morgan fingerprint density at radius 3 is 2.59 bits per heavy atom. The van der Waals surface area contributed by atoms with Gasteiger partial charge in [0.15, 0.2) is 5.65 Å². The Labute approximate surface area is 157 Å². The van der Waals surface area contributed by atoms with E-state index >= 15 is 0 Å². The summed E-state index contributed by atoms with van der Waals surface area (Å²) in [5.74, 6) is 1.31. The summed E-state index contributed by atoms with van der Waals surface area (Å²) in [5, 5.41) is 4.87. The van der Waals surface area contributed by atoms with Gasteiger partial charge in [-0.2, -0.15) is 5.10 Å². The molecule has 0 spiro atoms. The van der Waals surface area contributed by atoms with Crippen molar-refractivity contribution in [2.45, 2.75) is 25.7 Å². The average molecular weight is 356 g/mol. The maximum absolute atomic E-state index is 5.53. The molecule has 0 radical (unpaired) electrons. The first-order chi connectivity index (χ1) is 13.2. The second kappa shape index (κ2) is 6.20. The minimum atomic E-state index is 0.491. The average Bonchev–Trinajstić information content (AvgIpc) is 3.46. The molecule has 3 aromatic heterocycles. The van der Waals surface area contributed by atoms with Crippen LogP contribution in [0, 0.1) is 6.92 Å².